The van der Waals surface area contributed by atoms with Crippen LogP contribution in [0.5, 0.6) is 11.5 Å². The molecule has 2 aromatic rings. The van der Waals surface area contributed by atoms with E-state index in [0.717, 1.165) is 12.1 Å². The highest BCUT2D eigenvalue weighted by molar-refractivity contribution is 7.88. The van der Waals surface area contributed by atoms with Crippen molar-refractivity contribution in [2.24, 2.45) is 0 Å². The Hall–Kier alpha value is -2.62. The van der Waals surface area contributed by atoms with Gasteiger partial charge >= 0.3 is 0 Å². The van der Waals surface area contributed by atoms with E-state index in [0.29, 0.717) is 62.1 Å². The third-order valence-corrected chi connectivity index (χ3v) is 6.53. The number of nitrogens with zero attached hydrogens (tertiary/aromatic N) is 2. The Morgan fingerprint density at radius 1 is 0.967 bits per heavy atom. The molecular weight excluding hydrogens is 406 g/mol. The standard InChI is InChI=1S/C21H25N3O5S/c1-30(26,27)24-10-8-23(9-11-24)15-16-2-4-17(5-3-16)21(25)22-18-6-7-19-20(14-18)29-13-12-28-19/h2-7,14H,8-13,15H2,1H3,(H,22,25). The number of amides is 1. The summed E-state index contributed by atoms with van der Waals surface area (Å²) >= 11 is 0. The molecule has 2 heterocycles. The molecular formula is C21H25N3O5S. The van der Waals surface area contributed by atoms with Gasteiger partial charge in [0.25, 0.3) is 5.91 Å². The maximum absolute atomic E-state index is 12.6. The van der Waals surface area contributed by atoms with E-state index in [2.05, 4.69) is 10.2 Å². The van der Waals surface area contributed by atoms with E-state index in [1.54, 1.807) is 30.3 Å². The molecule has 0 spiro atoms. The molecule has 2 aliphatic rings. The van der Waals surface area contributed by atoms with E-state index in [4.69, 9.17) is 9.47 Å². The molecule has 0 aromatic heterocycles. The first-order valence-corrected chi connectivity index (χ1v) is 11.7. The van der Waals surface area contributed by atoms with E-state index in [1.807, 2.05) is 12.1 Å². The lowest BCUT2D eigenvalue weighted by Crippen LogP contribution is -2.47. The molecule has 2 aromatic carbocycles. The fourth-order valence-electron chi connectivity index (χ4n) is 3.56. The zero-order valence-corrected chi connectivity index (χ0v) is 17.7. The van der Waals surface area contributed by atoms with Gasteiger partial charge in [-0.3, -0.25) is 9.69 Å². The highest BCUT2D eigenvalue weighted by atomic mass is 32.2. The van der Waals surface area contributed by atoms with Gasteiger partial charge in [-0.15, -0.1) is 0 Å². The van der Waals surface area contributed by atoms with Crippen LogP contribution in [0, 0.1) is 0 Å². The van der Waals surface area contributed by atoms with Crippen LogP contribution in [-0.4, -0.2) is 69.2 Å². The van der Waals surface area contributed by atoms with Gasteiger partial charge in [0.05, 0.1) is 6.26 Å². The molecule has 1 amide bonds. The Morgan fingerprint density at radius 3 is 2.30 bits per heavy atom. The Morgan fingerprint density at radius 2 is 1.63 bits per heavy atom. The summed E-state index contributed by atoms with van der Waals surface area (Å²) in [6, 6.07) is 12.8. The van der Waals surface area contributed by atoms with Gasteiger partial charge in [0.15, 0.2) is 11.5 Å². The first-order chi connectivity index (χ1) is 14.4. The molecule has 1 N–H and O–H groups in total. The van der Waals surface area contributed by atoms with Gasteiger partial charge in [-0.1, -0.05) is 12.1 Å². The number of hydrogen-bond donors (Lipinski definition) is 1. The largest absolute Gasteiger partial charge is 0.486 e. The van der Waals surface area contributed by atoms with Crippen LogP contribution in [0.4, 0.5) is 5.69 Å². The van der Waals surface area contributed by atoms with Crippen molar-refractivity contribution in [2.45, 2.75) is 6.54 Å². The van der Waals surface area contributed by atoms with Crippen LogP contribution in [-0.2, 0) is 16.6 Å². The third kappa shape index (κ3) is 4.92. The number of sulfonamides is 1. The summed E-state index contributed by atoms with van der Waals surface area (Å²) in [6.45, 7) is 4.15. The fourth-order valence-corrected chi connectivity index (χ4v) is 4.39. The molecule has 1 fully saturated rings. The lowest BCUT2D eigenvalue weighted by molar-refractivity contribution is 0.102. The van der Waals surface area contributed by atoms with E-state index < -0.39 is 10.0 Å². The number of fused-ring (bicyclic) bond motifs is 1. The Bertz CT molecular complexity index is 1020. The molecule has 0 atom stereocenters. The van der Waals surface area contributed by atoms with E-state index >= 15 is 0 Å². The van der Waals surface area contributed by atoms with Gasteiger partial charge in [0, 0.05) is 50.0 Å². The van der Waals surface area contributed by atoms with E-state index in [-0.39, 0.29) is 5.91 Å². The second-order valence-corrected chi connectivity index (χ2v) is 9.43. The van der Waals surface area contributed by atoms with Gasteiger partial charge < -0.3 is 14.8 Å². The molecule has 0 bridgehead atoms. The number of benzene rings is 2. The molecule has 30 heavy (non-hydrogen) atoms. The van der Waals surface area contributed by atoms with Crippen molar-refractivity contribution >= 4 is 21.6 Å². The molecule has 1 saturated heterocycles. The van der Waals surface area contributed by atoms with Gasteiger partial charge in [-0.25, -0.2) is 8.42 Å². The van der Waals surface area contributed by atoms with Crippen molar-refractivity contribution in [1.29, 1.82) is 0 Å². The summed E-state index contributed by atoms with van der Waals surface area (Å²) in [6.07, 6.45) is 1.25. The van der Waals surface area contributed by atoms with Crippen molar-refractivity contribution in [3.8, 4) is 11.5 Å². The first kappa shape index (κ1) is 20.6. The molecule has 9 heteroatoms. The second kappa shape index (κ2) is 8.63. The smallest absolute Gasteiger partial charge is 0.255 e. The summed E-state index contributed by atoms with van der Waals surface area (Å²) in [5.41, 5.74) is 2.30. The topological polar surface area (TPSA) is 88.2 Å². The Kier molecular flexibility index (Phi) is 5.94. The summed E-state index contributed by atoms with van der Waals surface area (Å²) in [4.78, 5) is 14.8. The first-order valence-electron chi connectivity index (χ1n) is 9.86. The quantitative estimate of drug-likeness (QED) is 0.777. The normalized spacial score (nSPS) is 17.5. The molecule has 0 aliphatic carbocycles. The predicted molar refractivity (Wildman–Crippen MR) is 114 cm³/mol. The maximum atomic E-state index is 12.6. The number of carbonyl (C=O) groups excluding carboxylic acids is 1. The third-order valence-electron chi connectivity index (χ3n) is 5.22. The van der Waals surface area contributed by atoms with Crippen LogP contribution in [0.2, 0.25) is 0 Å². The van der Waals surface area contributed by atoms with Crippen LogP contribution in [0.1, 0.15) is 15.9 Å². The summed E-state index contributed by atoms with van der Waals surface area (Å²) in [5.74, 6) is 1.12. The zero-order chi connectivity index (χ0) is 21.1. The van der Waals surface area contributed by atoms with Gasteiger partial charge in [-0.05, 0) is 29.8 Å². The van der Waals surface area contributed by atoms with Crippen LogP contribution in [0.25, 0.3) is 0 Å². The number of anilines is 1. The average Bonchev–Trinajstić information content (AvgIpc) is 2.74. The minimum Gasteiger partial charge on any atom is -0.486 e. The number of rotatable bonds is 5. The van der Waals surface area contributed by atoms with Gasteiger partial charge in [0.1, 0.15) is 13.2 Å². The van der Waals surface area contributed by atoms with Crippen molar-refractivity contribution in [3.05, 3.63) is 53.6 Å². The van der Waals surface area contributed by atoms with Crippen LogP contribution < -0.4 is 14.8 Å². The lowest BCUT2D eigenvalue weighted by atomic mass is 10.1. The molecule has 160 valence electrons. The molecule has 2 aliphatic heterocycles. The summed E-state index contributed by atoms with van der Waals surface area (Å²) < 4.78 is 35.8. The van der Waals surface area contributed by atoms with Crippen molar-refractivity contribution in [1.82, 2.24) is 9.21 Å². The molecule has 0 unspecified atom stereocenters. The number of piperazine rings is 1. The minimum atomic E-state index is -3.12. The van der Waals surface area contributed by atoms with Crippen molar-refractivity contribution < 1.29 is 22.7 Å². The molecule has 0 saturated carbocycles. The highest BCUT2D eigenvalue weighted by Crippen LogP contribution is 2.32. The van der Waals surface area contributed by atoms with Crippen LogP contribution in [0.15, 0.2) is 42.5 Å². The second-order valence-electron chi connectivity index (χ2n) is 7.45. The maximum Gasteiger partial charge on any atom is 0.255 e. The van der Waals surface area contributed by atoms with Gasteiger partial charge in [0.2, 0.25) is 10.0 Å². The van der Waals surface area contributed by atoms with Crippen molar-refractivity contribution in [2.75, 3.05) is 51.0 Å². The monoisotopic (exact) mass is 431 g/mol. The number of nitrogens with one attached hydrogen (secondary N) is 1. The molecule has 0 radical (unpaired) electrons. The number of hydrogen-bond acceptors (Lipinski definition) is 6. The lowest BCUT2D eigenvalue weighted by Gasteiger charge is -2.33. The minimum absolute atomic E-state index is 0.194. The van der Waals surface area contributed by atoms with Crippen LogP contribution in [0.3, 0.4) is 0 Å². The highest BCUT2D eigenvalue weighted by Gasteiger charge is 2.23. The fraction of sp³-hybridized carbons (Fsp3) is 0.381. The molecule has 4 rings (SSSR count). The van der Waals surface area contributed by atoms with Crippen molar-refractivity contribution in [3.63, 3.8) is 0 Å². The molecule has 8 nitrogen and oxygen atoms in total. The SMILES string of the molecule is CS(=O)(=O)N1CCN(Cc2ccc(C(=O)Nc3ccc4c(c3)OCCO4)cc2)CC1. The average molecular weight is 432 g/mol. The van der Waals surface area contributed by atoms with E-state index in [9.17, 15) is 13.2 Å². The predicted octanol–water partition coefficient (Wildman–Crippen LogP) is 1.79. The van der Waals surface area contributed by atoms with Crippen LogP contribution >= 0.6 is 0 Å². The Labute approximate surface area is 176 Å². The summed E-state index contributed by atoms with van der Waals surface area (Å²) in [5, 5.41) is 2.88. The summed E-state index contributed by atoms with van der Waals surface area (Å²) in [7, 11) is -3.12. The Balaban J connectivity index is 1.33. The number of carbonyl (C=O) groups is 1. The van der Waals surface area contributed by atoms with E-state index in [1.165, 1.54) is 10.6 Å². The zero-order valence-electron chi connectivity index (χ0n) is 16.8. The number of ether oxygens (including phenoxy) is 2. The van der Waals surface area contributed by atoms with Gasteiger partial charge in [-0.2, -0.15) is 4.31 Å².